The summed E-state index contributed by atoms with van der Waals surface area (Å²) in [4.78, 5) is 14.7. The van der Waals surface area contributed by atoms with E-state index in [-0.39, 0.29) is 5.91 Å². The van der Waals surface area contributed by atoms with Gasteiger partial charge >= 0.3 is 0 Å². The second kappa shape index (κ2) is 7.64. The summed E-state index contributed by atoms with van der Waals surface area (Å²) in [6.07, 6.45) is 2.76. The molecule has 0 aliphatic carbocycles. The third kappa shape index (κ3) is 3.86. The van der Waals surface area contributed by atoms with Crippen molar-refractivity contribution in [3.63, 3.8) is 0 Å². The molecule has 0 N–H and O–H groups in total. The molecule has 1 aliphatic rings. The Kier molecular flexibility index (Phi) is 5.33. The van der Waals surface area contributed by atoms with Gasteiger partial charge in [0.15, 0.2) is 0 Å². The number of hydrogen-bond acceptors (Lipinski definition) is 4. The zero-order valence-corrected chi connectivity index (χ0v) is 14.9. The molecule has 2 aromatic carbocycles. The van der Waals surface area contributed by atoms with Gasteiger partial charge in [0.25, 0.3) is 5.91 Å². The van der Waals surface area contributed by atoms with Crippen LogP contribution in [-0.2, 0) is 4.79 Å². The highest BCUT2D eigenvalue weighted by Gasteiger charge is 2.31. The van der Waals surface area contributed by atoms with E-state index in [1.165, 1.54) is 11.8 Å². The molecule has 0 aromatic heterocycles. The predicted octanol–water partition coefficient (Wildman–Crippen LogP) is 5.09. The average Bonchev–Trinajstić information content (AvgIpc) is 2.84. The molecule has 0 saturated carbocycles. The Bertz CT molecular complexity index is 787. The Hall–Kier alpha value is -2.11. The largest absolute Gasteiger partial charge is 0.457 e. The van der Waals surface area contributed by atoms with E-state index in [4.69, 9.17) is 17.0 Å². The molecule has 0 bridgehead atoms. The molecule has 1 saturated heterocycles. The first-order chi connectivity index (χ1) is 11.7. The number of carbonyl (C=O) groups is 1. The quantitative estimate of drug-likeness (QED) is 0.552. The molecule has 2 aromatic rings. The van der Waals surface area contributed by atoms with Crippen molar-refractivity contribution >= 4 is 40.3 Å². The van der Waals surface area contributed by atoms with Crippen molar-refractivity contribution in [2.24, 2.45) is 0 Å². The molecule has 3 rings (SSSR count). The van der Waals surface area contributed by atoms with Gasteiger partial charge in [-0.25, -0.2) is 0 Å². The van der Waals surface area contributed by atoms with Crippen LogP contribution in [0.4, 0.5) is 0 Å². The first-order valence-electron chi connectivity index (χ1n) is 7.75. The number of nitrogens with zero attached hydrogens (tertiary/aromatic N) is 1. The molecule has 24 heavy (non-hydrogen) atoms. The van der Waals surface area contributed by atoms with Crippen molar-refractivity contribution < 1.29 is 9.53 Å². The fourth-order valence-electron chi connectivity index (χ4n) is 2.36. The van der Waals surface area contributed by atoms with E-state index in [9.17, 15) is 4.79 Å². The van der Waals surface area contributed by atoms with Crippen molar-refractivity contribution in [3.05, 3.63) is 65.1 Å². The van der Waals surface area contributed by atoms with Gasteiger partial charge in [-0.15, -0.1) is 0 Å². The third-order valence-electron chi connectivity index (χ3n) is 3.46. The van der Waals surface area contributed by atoms with E-state index in [0.717, 1.165) is 23.5 Å². The molecular weight excluding hydrogens is 338 g/mol. The van der Waals surface area contributed by atoms with Crippen LogP contribution in [-0.4, -0.2) is 21.7 Å². The molecule has 1 amide bonds. The minimum atomic E-state index is -0.0127. The van der Waals surface area contributed by atoms with Gasteiger partial charge in [-0.3, -0.25) is 9.69 Å². The first-order valence-corrected chi connectivity index (χ1v) is 8.98. The Morgan fingerprint density at radius 1 is 1.12 bits per heavy atom. The Morgan fingerprint density at radius 2 is 1.88 bits per heavy atom. The lowest BCUT2D eigenvalue weighted by Crippen LogP contribution is -2.28. The smallest absolute Gasteiger partial charge is 0.266 e. The predicted molar refractivity (Wildman–Crippen MR) is 103 cm³/mol. The SMILES string of the molecule is CCCN1C(=O)/C(=C\c2cccc(Oc3ccccc3)c2)SC1=S. The number of benzene rings is 2. The molecule has 122 valence electrons. The van der Waals surface area contributed by atoms with Crippen molar-refractivity contribution in [1.82, 2.24) is 4.90 Å². The van der Waals surface area contributed by atoms with Gasteiger partial charge < -0.3 is 4.74 Å². The average molecular weight is 355 g/mol. The standard InChI is InChI=1S/C19H17NO2S2/c1-2-11-20-18(21)17(24-19(20)23)13-14-7-6-10-16(12-14)22-15-8-4-3-5-9-15/h3-10,12-13H,2,11H2,1H3/b17-13+. The van der Waals surface area contributed by atoms with Crippen molar-refractivity contribution in [1.29, 1.82) is 0 Å². The van der Waals surface area contributed by atoms with Crippen LogP contribution in [0.2, 0.25) is 0 Å². The van der Waals surface area contributed by atoms with E-state index < -0.39 is 0 Å². The number of hydrogen-bond donors (Lipinski definition) is 0. The van der Waals surface area contributed by atoms with Crippen molar-refractivity contribution in [2.75, 3.05) is 6.54 Å². The highest BCUT2D eigenvalue weighted by molar-refractivity contribution is 8.26. The van der Waals surface area contributed by atoms with Crippen LogP contribution in [0.15, 0.2) is 59.5 Å². The number of thiocarbonyl (C=S) groups is 1. The molecule has 0 spiro atoms. The van der Waals surface area contributed by atoms with Crippen LogP contribution >= 0.6 is 24.0 Å². The monoisotopic (exact) mass is 355 g/mol. The van der Waals surface area contributed by atoms with Gasteiger partial charge in [0.1, 0.15) is 15.8 Å². The summed E-state index contributed by atoms with van der Waals surface area (Å²) in [5.74, 6) is 1.50. The summed E-state index contributed by atoms with van der Waals surface area (Å²) >= 11 is 6.65. The maximum Gasteiger partial charge on any atom is 0.266 e. The number of thioether (sulfide) groups is 1. The molecule has 0 atom stereocenters. The van der Waals surface area contributed by atoms with Gasteiger partial charge in [0.2, 0.25) is 0 Å². The van der Waals surface area contributed by atoms with E-state index in [1.807, 2.05) is 67.6 Å². The van der Waals surface area contributed by atoms with E-state index in [0.29, 0.717) is 15.8 Å². The van der Waals surface area contributed by atoms with Crippen LogP contribution in [0.5, 0.6) is 11.5 Å². The summed E-state index contributed by atoms with van der Waals surface area (Å²) in [6.45, 7) is 2.70. The van der Waals surface area contributed by atoms with Crippen LogP contribution < -0.4 is 4.74 Å². The molecule has 1 heterocycles. The summed E-state index contributed by atoms with van der Waals surface area (Å²) in [7, 11) is 0. The van der Waals surface area contributed by atoms with Gasteiger partial charge in [-0.1, -0.05) is 61.2 Å². The summed E-state index contributed by atoms with van der Waals surface area (Å²) in [5.41, 5.74) is 0.917. The number of ether oxygens (including phenoxy) is 1. The molecule has 0 unspecified atom stereocenters. The lowest BCUT2D eigenvalue weighted by atomic mass is 10.2. The van der Waals surface area contributed by atoms with E-state index in [2.05, 4.69) is 0 Å². The Labute approximate surface area is 151 Å². The highest BCUT2D eigenvalue weighted by atomic mass is 32.2. The second-order valence-electron chi connectivity index (χ2n) is 5.32. The number of rotatable bonds is 5. The van der Waals surface area contributed by atoms with Crippen LogP contribution in [0, 0.1) is 0 Å². The number of para-hydroxylation sites is 1. The zero-order chi connectivity index (χ0) is 16.9. The van der Waals surface area contributed by atoms with Crippen molar-refractivity contribution in [2.45, 2.75) is 13.3 Å². The number of carbonyl (C=O) groups excluding carboxylic acids is 1. The van der Waals surface area contributed by atoms with Gasteiger partial charge in [0, 0.05) is 6.54 Å². The minimum Gasteiger partial charge on any atom is -0.457 e. The molecule has 3 nitrogen and oxygen atoms in total. The van der Waals surface area contributed by atoms with E-state index in [1.54, 1.807) is 4.90 Å². The molecule has 1 fully saturated rings. The fourth-order valence-corrected chi connectivity index (χ4v) is 3.67. The lowest BCUT2D eigenvalue weighted by Gasteiger charge is -2.11. The summed E-state index contributed by atoms with van der Waals surface area (Å²) in [5, 5.41) is 0. The van der Waals surface area contributed by atoms with Crippen molar-refractivity contribution in [3.8, 4) is 11.5 Å². The maximum absolute atomic E-state index is 12.4. The summed E-state index contributed by atoms with van der Waals surface area (Å²) < 4.78 is 6.46. The first kappa shape index (κ1) is 16.7. The van der Waals surface area contributed by atoms with Gasteiger partial charge in [0.05, 0.1) is 4.91 Å². The molecule has 1 aliphatic heterocycles. The third-order valence-corrected chi connectivity index (χ3v) is 4.83. The molecule has 0 radical (unpaired) electrons. The Balaban J connectivity index is 1.80. The highest BCUT2D eigenvalue weighted by Crippen LogP contribution is 2.33. The van der Waals surface area contributed by atoms with Crippen LogP contribution in [0.3, 0.4) is 0 Å². The molecular formula is C19H17NO2S2. The van der Waals surface area contributed by atoms with Gasteiger partial charge in [-0.05, 0) is 42.3 Å². The Morgan fingerprint density at radius 3 is 2.62 bits per heavy atom. The molecule has 5 heteroatoms. The van der Waals surface area contributed by atoms with Gasteiger partial charge in [-0.2, -0.15) is 0 Å². The minimum absolute atomic E-state index is 0.0127. The van der Waals surface area contributed by atoms with Crippen LogP contribution in [0.25, 0.3) is 6.08 Å². The second-order valence-corrected chi connectivity index (χ2v) is 7.00. The number of amides is 1. The topological polar surface area (TPSA) is 29.5 Å². The van der Waals surface area contributed by atoms with E-state index >= 15 is 0 Å². The maximum atomic E-state index is 12.4. The van der Waals surface area contributed by atoms with Crippen LogP contribution in [0.1, 0.15) is 18.9 Å². The fraction of sp³-hybridized carbons (Fsp3) is 0.158. The zero-order valence-electron chi connectivity index (χ0n) is 13.3. The lowest BCUT2D eigenvalue weighted by molar-refractivity contribution is -0.122. The summed E-state index contributed by atoms with van der Waals surface area (Å²) in [6, 6.07) is 17.3. The normalized spacial score (nSPS) is 16.0.